The zero-order chi connectivity index (χ0) is 25.6. The Morgan fingerprint density at radius 2 is 1.80 bits per heavy atom. The number of amides is 2. The van der Waals surface area contributed by atoms with Gasteiger partial charge in [-0.2, -0.15) is 0 Å². The number of ether oxygens (including phenoxy) is 1. The maximum Gasteiger partial charge on any atom is 0.270 e. The van der Waals surface area contributed by atoms with Gasteiger partial charge in [-0.3, -0.25) is 9.59 Å². The normalized spacial score (nSPS) is 12.6. The number of anilines is 1. The standard InChI is InChI=1S/C25H29N3O5S2/c1-25(2,3)16-35(31,32)20-10-7-17(8-11-20)27-24(30)22(14-19-6-5-13-34-19)28-23(29)21-12-9-18(33-4)15-26-21/h5-13,15,22H,14,16H2,1-4H3,(H,27,30)(H,28,29)/t22-/m0/s1. The van der Waals surface area contributed by atoms with Crippen LogP contribution < -0.4 is 15.4 Å². The minimum Gasteiger partial charge on any atom is -0.495 e. The molecule has 0 radical (unpaired) electrons. The number of methoxy groups -OCH3 is 1. The fourth-order valence-electron chi connectivity index (χ4n) is 3.34. The van der Waals surface area contributed by atoms with Gasteiger partial charge in [-0.15, -0.1) is 11.3 Å². The SMILES string of the molecule is COc1ccc(C(=O)N[C@@H](Cc2cccs2)C(=O)Nc2ccc(S(=O)(=O)CC(C)(C)C)cc2)nc1. The number of nitrogens with zero attached hydrogens (tertiary/aromatic N) is 1. The summed E-state index contributed by atoms with van der Waals surface area (Å²) in [7, 11) is -1.94. The van der Waals surface area contributed by atoms with Gasteiger partial charge in [-0.25, -0.2) is 13.4 Å². The molecule has 1 aromatic carbocycles. The molecule has 0 bridgehead atoms. The molecule has 0 aliphatic rings. The summed E-state index contributed by atoms with van der Waals surface area (Å²) in [6.07, 6.45) is 1.72. The lowest BCUT2D eigenvalue weighted by Crippen LogP contribution is -2.45. The van der Waals surface area contributed by atoms with Crippen LogP contribution in [0, 0.1) is 5.41 Å². The van der Waals surface area contributed by atoms with Crippen molar-refractivity contribution < 1.29 is 22.7 Å². The highest BCUT2D eigenvalue weighted by molar-refractivity contribution is 7.91. The van der Waals surface area contributed by atoms with Crippen LogP contribution in [-0.4, -0.2) is 44.1 Å². The maximum atomic E-state index is 13.1. The minimum atomic E-state index is -3.45. The van der Waals surface area contributed by atoms with Crippen molar-refractivity contribution in [2.45, 2.75) is 38.1 Å². The molecule has 2 aromatic heterocycles. The zero-order valence-corrected chi connectivity index (χ0v) is 21.7. The van der Waals surface area contributed by atoms with Gasteiger partial charge in [0.1, 0.15) is 17.5 Å². The molecular formula is C25H29N3O5S2. The van der Waals surface area contributed by atoms with E-state index in [0.717, 1.165) is 4.88 Å². The topological polar surface area (TPSA) is 114 Å². The van der Waals surface area contributed by atoms with Gasteiger partial charge in [-0.1, -0.05) is 26.8 Å². The van der Waals surface area contributed by atoms with E-state index in [0.29, 0.717) is 17.9 Å². The van der Waals surface area contributed by atoms with Crippen molar-refractivity contribution in [2.75, 3.05) is 18.2 Å². The molecule has 3 aromatic rings. The molecule has 3 rings (SSSR count). The Hall–Kier alpha value is -3.24. The van der Waals surface area contributed by atoms with Crippen LogP contribution in [0.2, 0.25) is 0 Å². The molecule has 2 N–H and O–H groups in total. The van der Waals surface area contributed by atoms with Gasteiger partial charge < -0.3 is 15.4 Å². The van der Waals surface area contributed by atoms with Gasteiger partial charge in [0.25, 0.3) is 5.91 Å². The minimum absolute atomic E-state index is 0.0139. The molecule has 0 saturated carbocycles. The molecule has 10 heteroatoms. The van der Waals surface area contributed by atoms with E-state index in [1.165, 1.54) is 42.8 Å². The number of nitrogens with one attached hydrogen (secondary N) is 2. The number of carbonyl (C=O) groups is 2. The van der Waals surface area contributed by atoms with Crippen molar-refractivity contribution in [2.24, 2.45) is 5.41 Å². The smallest absolute Gasteiger partial charge is 0.270 e. The molecule has 0 aliphatic carbocycles. The van der Waals surface area contributed by atoms with E-state index in [9.17, 15) is 18.0 Å². The third-order valence-corrected chi connectivity index (χ3v) is 8.05. The first-order chi connectivity index (χ1) is 16.5. The lowest BCUT2D eigenvalue weighted by atomic mass is 10.0. The van der Waals surface area contributed by atoms with Gasteiger partial charge in [0.2, 0.25) is 5.91 Å². The van der Waals surface area contributed by atoms with Crippen molar-refractivity contribution in [3.05, 3.63) is 70.7 Å². The summed E-state index contributed by atoms with van der Waals surface area (Å²) >= 11 is 1.48. The Labute approximate surface area is 209 Å². The molecule has 1 atom stereocenters. The lowest BCUT2D eigenvalue weighted by Gasteiger charge is -2.19. The van der Waals surface area contributed by atoms with E-state index in [1.807, 2.05) is 38.3 Å². The van der Waals surface area contributed by atoms with E-state index in [1.54, 1.807) is 18.2 Å². The monoisotopic (exact) mass is 515 g/mol. The van der Waals surface area contributed by atoms with Crippen LogP contribution in [0.5, 0.6) is 5.75 Å². The number of rotatable bonds is 9. The summed E-state index contributed by atoms with van der Waals surface area (Å²) in [6, 6.07) is 12.1. The van der Waals surface area contributed by atoms with Gasteiger partial charge in [0, 0.05) is 17.0 Å². The van der Waals surface area contributed by atoms with E-state index in [2.05, 4.69) is 15.6 Å². The summed E-state index contributed by atoms with van der Waals surface area (Å²) in [4.78, 5) is 31.0. The third kappa shape index (κ3) is 7.63. The van der Waals surface area contributed by atoms with Gasteiger partial charge >= 0.3 is 0 Å². The van der Waals surface area contributed by atoms with Crippen LogP contribution in [0.1, 0.15) is 36.1 Å². The van der Waals surface area contributed by atoms with Gasteiger partial charge in [0.05, 0.1) is 24.0 Å². The molecule has 8 nitrogen and oxygen atoms in total. The molecular weight excluding hydrogens is 486 g/mol. The highest BCUT2D eigenvalue weighted by Gasteiger charge is 2.25. The van der Waals surface area contributed by atoms with Crippen LogP contribution >= 0.6 is 11.3 Å². The number of carbonyl (C=O) groups excluding carboxylic acids is 2. The summed E-state index contributed by atoms with van der Waals surface area (Å²) in [5.41, 5.74) is 0.207. The number of pyridine rings is 1. The average molecular weight is 516 g/mol. The van der Waals surface area contributed by atoms with Crippen LogP contribution in [0.4, 0.5) is 5.69 Å². The molecule has 0 unspecified atom stereocenters. The van der Waals surface area contributed by atoms with Crippen molar-refractivity contribution in [3.63, 3.8) is 0 Å². The first-order valence-corrected chi connectivity index (χ1v) is 13.5. The quantitative estimate of drug-likeness (QED) is 0.446. The van der Waals surface area contributed by atoms with E-state index >= 15 is 0 Å². The largest absolute Gasteiger partial charge is 0.495 e. The van der Waals surface area contributed by atoms with Crippen LogP contribution in [-0.2, 0) is 21.1 Å². The van der Waals surface area contributed by atoms with Crippen molar-refractivity contribution >= 4 is 38.7 Å². The van der Waals surface area contributed by atoms with Gasteiger partial charge in [0.15, 0.2) is 9.84 Å². The lowest BCUT2D eigenvalue weighted by molar-refractivity contribution is -0.118. The first-order valence-electron chi connectivity index (χ1n) is 10.9. The fourth-order valence-corrected chi connectivity index (χ4v) is 5.94. The van der Waals surface area contributed by atoms with Crippen molar-refractivity contribution in [1.29, 1.82) is 0 Å². The molecule has 186 valence electrons. The first kappa shape index (κ1) is 26.4. The Morgan fingerprint density at radius 3 is 2.34 bits per heavy atom. The van der Waals surface area contributed by atoms with E-state index in [4.69, 9.17) is 4.74 Å². The predicted octanol–water partition coefficient (Wildman–Crippen LogP) is 3.95. The highest BCUT2D eigenvalue weighted by atomic mass is 32.2. The zero-order valence-electron chi connectivity index (χ0n) is 20.1. The second-order valence-electron chi connectivity index (χ2n) is 9.23. The van der Waals surface area contributed by atoms with Gasteiger partial charge in [-0.05, 0) is 53.3 Å². The molecule has 0 saturated heterocycles. The molecule has 0 fully saturated rings. The Bertz CT molecular complexity index is 1250. The van der Waals surface area contributed by atoms with Crippen LogP contribution in [0.15, 0.2) is 65.0 Å². The molecule has 0 aliphatic heterocycles. The second-order valence-corrected chi connectivity index (χ2v) is 12.2. The predicted molar refractivity (Wildman–Crippen MR) is 137 cm³/mol. The average Bonchev–Trinajstić information content (AvgIpc) is 3.30. The number of sulfone groups is 1. The summed E-state index contributed by atoms with van der Waals surface area (Å²) in [6.45, 7) is 5.59. The Kier molecular flexibility index (Phi) is 8.29. The number of hydrogen-bond donors (Lipinski definition) is 2. The van der Waals surface area contributed by atoms with E-state index < -0.39 is 27.7 Å². The molecule has 0 spiro atoms. The van der Waals surface area contributed by atoms with Crippen LogP contribution in [0.25, 0.3) is 0 Å². The maximum absolute atomic E-state index is 13.1. The molecule has 35 heavy (non-hydrogen) atoms. The second kappa shape index (κ2) is 11.0. The molecule has 2 heterocycles. The van der Waals surface area contributed by atoms with Crippen molar-refractivity contribution in [1.82, 2.24) is 10.3 Å². The highest BCUT2D eigenvalue weighted by Crippen LogP contribution is 2.23. The summed E-state index contributed by atoms with van der Waals surface area (Å²) in [5.74, 6) is -0.388. The summed E-state index contributed by atoms with van der Waals surface area (Å²) in [5, 5.41) is 7.42. The number of thiophene rings is 1. The fraction of sp³-hybridized carbons (Fsp3) is 0.320. The summed E-state index contributed by atoms with van der Waals surface area (Å²) < 4.78 is 30.3. The Morgan fingerprint density at radius 1 is 1.09 bits per heavy atom. The number of hydrogen-bond acceptors (Lipinski definition) is 7. The number of benzene rings is 1. The van der Waals surface area contributed by atoms with E-state index in [-0.39, 0.29) is 21.8 Å². The van der Waals surface area contributed by atoms with Crippen molar-refractivity contribution in [3.8, 4) is 5.75 Å². The number of aromatic nitrogens is 1. The third-order valence-electron chi connectivity index (χ3n) is 4.92. The Balaban J connectivity index is 1.74. The van der Waals surface area contributed by atoms with Crippen LogP contribution in [0.3, 0.4) is 0 Å². The molecule has 2 amide bonds.